The molecule has 0 fully saturated rings. The maximum absolute atomic E-state index is 14.1. The third-order valence-electron chi connectivity index (χ3n) is 4.28. The minimum Gasteiger partial charge on any atom is -0.478 e. The van der Waals surface area contributed by atoms with Gasteiger partial charge in [0.1, 0.15) is 23.4 Å². The van der Waals surface area contributed by atoms with Gasteiger partial charge in [0.2, 0.25) is 5.88 Å². The van der Waals surface area contributed by atoms with E-state index in [9.17, 15) is 13.6 Å². The van der Waals surface area contributed by atoms with Crippen molar-refractivity contribution < 1.29 is 18.3 Å². The van der Waals surface area contributed by atoms with Crippen molar-refractivity contribution >= 4 is 17.3 Å². The Bertz CT molecular complexity index is 913. The summed E-state index contributed by atoms with van der Waals surface area (Å²) in [6.45, 7) is 2.46. The molecule has 1 heterocycles. The maximum atomic E-state index is 14.1. The molecule has 3 rings (SSSR count). The van der Waals surface area contributed by atoms with E-state index in [-0.39, 0.29) is 11.4 Å². The summed E-state index contributed by atoms with van der Waals surface area (Å²) in [7, 11) is 0. The van der Waals surface area contributed by atoms with Crippen LogP contribution in [0.5, 0.6) is 0 Å². The van der Waals surface area contributed by atoms with E-state index in [4.69, 9.17) is 10.5 Å². The number of benzene rings is 2. The summed E-state index contributed by atoms with van der Waals surface area (Å²) in [5.41, 5.74) is 6.35. The van der Waals surface area contributed by atoms with Crippen molar-refractivity contribution in [3.8, 4) is 0 Å². The molecule has 2 N–H and O–H groups in total. The Hall–Kier alpha value is -3.22. The Morgan fingerprint density at radius 2 is 1.96 bits per heavy atom. The molecule has 1 unspecified atom stereocenters. The van der Waals surface area contributed by atoms with Gasteiger partial charge in [-0.25, -0.2) is 8.78 Å². The van der Waals surface area contributed by atoms with Crippen molar-refractivity contribution in [2.75, 3.05) is 11.6 Å². The minimum absolute atomic E-state index is 0.0274. The number of carbonyl (C=O) groups is 1. The number of anilines is 1. The van der Waals surface area contributed by atoms with Crippen LogP contribution in [0.25, 0.3) is 0 Å². The first kappa shape index (κ1) is 19.5. The van der Waals surface area contributed by atoms with E-state index >= 15 is 0 Å². The first-order chi connectivity index (χ1) is 13.5. The molecular formula is C21H21F2N3O2. The molecule has 2 aromatic rings. The second-order valence-electron chi connectivity index (χ2n) is 6.35. The van der Waals surface area contributed by atoms with Gasteiger partial charge in [-0.1, -0.05) is 31.5 Å². The third kappa shape index (κ3) is 4.19. The molecular weight excluding hydrogens is 364 g/mol. The van der Waals surface area contributed by atoms with E-state index in [1.165, 1.54) is 11.1 Å². The van der Waals surface area contributed by atoms with E-state index in [1.807, 2.05) is 37.3 Å². The zero-order valence-corrected chi connectivity index (χ0v) is 15.4. The lowest BCUT2D eigenvalue weighted by Crippen LogP contribution is -2.38. The van der Waals surface area contributed by atoms with Crippen molar-refractivity contribution in [2.24, 2.45) is 16.8 Å². The highest BCUT2D eigenvalue weighted by Crippen LogP contribution is 2.27. The number of ketones is 1. The number of carbonyl (C=O) groups excluding carboxylic acids is 1. The van der Waals surface area contributed by atoms with Gasteiger partial charge >= 0.3 is 0 Å². The van der Waals surface area contributed by atoms with Crippen LogP contribution in [0.1, 0.15) is 30.1 Å². The van der Waals surface area contributed by atoms with Crippen LogP contribution in [0.3, 0.4) is 0 Å². The van der Waals surface area contributed by atoms with E-state index in [2.05, 4.69) is 5.10 Å². The Balaban J connectivity index is 1.95. The van der Waals surface area contributed by atoms with E-state index in [1.54, 1.807) is 0 Å². The van der Waals surface area contributed by atoms with Gasteiger partial charge in [0, 0.05) is 0 Å². The zero-order chi connectivity index (χ0) is 20.1. The predicted molar refractivity (Wildman–Crippen MR) is 104 cm³/mol. The average Bonchev–Trinajstić information content (AvgIpc) is 2.71. The molecule has 7 heteroatoms. The summed E-state index contributed by atoms with van der Waals surface area (Å²) in [5, 5.41) is 5.79. The molecule has 0 bridgehead atoms. The van der Waals surface area contributed by atoms with Gasteiger partial charge in [0.25, 0.3) is 0 Å². The number of hydrogen-bond donors (Lipinski definition) is 1. The first-order valence-electron chi connectivity index (χ1n) is 9.04. The fraction of sp³-hybridized carbons (Fsp3) is 0.238. The summed E-state index contributed by atoms with van der Waals surface area (Å²) >= 11 is 0. The standard InChI is InChI=1S/C21H21F2N3O2/c1-2-3-11-28-19-13-17(20(27)16-12-14(22)9-10-18(16)23)21(24)25-26(19)15-7-5-4-6-8-15/h4-10,12-13,17H,2-3,11H2,1H3,(H2,24,25). The molecule has 0 amide bonds. The Morgan fingerprint density at radius 1 is 1.21 bits per heavy atom. The molecule has 5 nitrogen and oxygen atoms in total. The molecule has 1 atom stereocenters. The normalized spacial score (nSPS) is 16.4. The number of para-hydroxylation sites is 1. The predicted octanol–water partition coefficient (Wildman–Crippen LogP) is 4.21. The molecule has 0 spiro atoms. The van der Waals surface area contributed by atoms with E-state index < -0.39 is 23.3 Å². The number of nitrogens with two attached hydrogens (primary N) is 1. The van der Waals surface area contributed by atoms with Crippen LogP contribution >= 0.6 is 0 Å². The van der Waals surface area contributed by atoms with Crippen LogP contribution in [0.2, 0.25) is 0 Å². The molecule has 1 aliphatic rings. The number of amidine groups is 1. The molecule has 28 heavy (non-hydrogen) atoms. The molecule has 146 valence electrons. The summed E-state index contributed by atoms with van der Waals surface area (Å²) in [6.07, 6.45) is 3.24. The Labute approximate surface area is 162 Å². The molecule has 0 radical (unpaired) electrons. The van der Waals surface area contributed by atoms with Crippen LogP contribution in [0.4, 0.5) is 14.5 Å². The molecule has 0 saturated heterocycles. The lowest BCUT2D eigenvalue weighted by molar-refractivity contribution is 0.0962. The lowest BCUT2D eigenvalue weighted by Gasteiger charge is -2.28. The number of unbranched alkanes of at least 4 members (excludes halogenated alkanes) is 1. The van der Waals surface area contributed by atoms with Crippen LogP contribution in [-0.2, 0) is 4.74 Å². The number of Topliss-reactive ketones (excluding diaryl/α,β-unsaturated/α-hetero) is 1. The molecule has 0 saturated carbocycles. The summed E-state index contributed by atoms with van der Waals surface area (Å²) < 4.78 is 33.4. The number of ether oxygens (including phenoxy) is 1. The maximum Gasteiger partial charge on any atom is 0.212 e. The van der Waals surface area contributed by atoms with Gasteiger partial charge < -0.3 is 10.5 Å². The SMILES string of the molecule is CCCCOC1=CC(C(=O)c2cc(F)ccc2F)C(N)=NN1c1ccccc1. The van der Waals surface area contributed by atoms with Crippen LogP contribution in [-0.4, -0.2) is 18.2 Å². The number of rotatable bonds is 7. The van der Waals surface area contributed by atoms with Crippen molar-refractivity contribution in [3.05, 3.63) is 77.7 Å². The van der Waals surface area contributed by atoms with Crippen LogP contribution < -0.4 is 10.7 Å². The van der Waals surface area contributed by atoms with Gasteiger partial charge in [-0.3, -0.25) is 4.79 Å². The van der Waals surface area contributed by atoms with Crippen LogP contribution in [0, 0.1) is 17.6 Å². The number of nitrogens with zero attached hydrogens (tertiary/aromatic N) is 2. The first-order valence-corrected chi connectivity index (χ1v) is 9.04. The largest absolute Gasteiger partial charge is 0.478 e. The van der Waals surface area contributed by atoms with Crippen molar-refractivity contribution in [2.45, 2.75) is 19.8 Å². The summed E-state index contributed by atoms with van der Waals surface area (Å²) in [4.78, 5) is 12.8. The van der Waals surface area contributed by atoms with Crippen LogP contribution in [0.15, 0.2) is 65.6 Å². The van der Waals surface area contributed by atoms with E-state index in [0.29, 0.717) is 18.2 Å². The third-order valence-corrected chi connectivity index (χ3v) is 4.28. The smallest absolute Gasteiger partial charge is 0.212 e. The van der Waals surface area contributed by atoms with Crippen molar-refractivity contribution in [3.63, 3.8) is 0 Å². The van der Waals surface area contributed by atoms with Gasteiger partial charge in [-0.05, 0) is 42.8 Å². The molecule has 2 aromatic carbocycles. The van der Waals surface area contributed by atoms with Crippen molar-refractivity contribution in [1.29, 1.82) is 0 Å². The second-order valence-corrected chi connectivity index (χ2v) is 6.35. The number of halogens is 2. The average molecular weight is 385 g/mol. The highest BCUT2D eigenvalue weighted by molar-refractivity contribution is 6.13. The number of hydrogen-bond acceptors (Lipinski definition) is 5. The highest BCUT2D eigenvalue weighted by atomic mass is 19.1. The van der Waals surface area contributed by atoms with Gasteiger partial charge in [0.15, 0.2) is 5.78 Å². The fourth-order valence-electron chi connectivity index (χ4n) is 2.77. The second kappa shape index (κ2) is 8.65. The zero-order valence-electron chi connectivity index (χ0n) is 15.4. The van der Waals surface area contributed by atoms with Gasteiger partial charge in [0.05, 0.1) is 17.9 Å². The molecule has 1 aliphatic heterocycles. The van der Waals surface area contributed by atoms with Gasteiger partial charge in [-0.2, -0.15) is 10.1 Å². The monoisotopic (exact) mass is 385 g/mol. The fourth-order valence-corrected chi connectivity index (χ4v) is 2.77. The number of hydrazone groups is 1. The quantitative estimate of drug-likeness (QED) is 0.573. The van der Waals surface area contributed by atoms with E-state index in [0.717, 1.165) is 31.0 Å². The summed E-state index contributed by atoms with van der Waals surface area (Å²) in [6, 6.07) is 11.9. The lowest BCUT2D eigenvalue weighted by atomic mass is 9.95. The highest BCUT2D eigenvalue weighted by Gasteiger charge is 2.31. The Kier molecular flexibility index (Phi) is 6.03. The van der Waals surface area contributed by atoms with Gasteiger partial charge in [-0.15, -0.1) is 0 Å². The Morgan fingerprint density at radius 3 is 2.68 bits per heavy atom. The molecule has 0 aromatic heterocycles. The topological polar surface area (TPSA) is 67.9 Å². The summed E-state index contributed by atoms with van der Waals surface area (Å²) in [5.74, 6) is -2.95. The molecule has 0 aliphatic carbocycles. The minimum atomic E-state index is -1.05. The van der Waals surface area contributed by atoms with Crippen molar-refractivity contribution in [1.82, 2.24) is 0 Å².